The van der Waals surface area contributed by atoms with Gasteiger partial charge in [-0.3, -0.25) is 0 Å². The third-order valence-corrected chi connectivity index (χ3v) is 6.56. The Morgan fingerprint density at radius 1 is 0.583 bits per heavy atom. The van der Waals surface area contributed by atoms with E-state index in [1.165, 1.54) is 0 Å². The lowest BCUT2D eigenvalue weighted by molar-refractivity contribution is 0.470. The number of benzene rings is 4. The average molecular weight is 469 g/mol. The minimum atomic E-state index is -0.707. The predicted octanol–water partition coefficient (Wildman–Crippen LogP) is 6.15. The Labute approximate surface area is 209 Å². The van der Waals surface area contributed by atoms with Gasteiger partial charge < -0.3 is 5.11 Å². The van der Waals surface area contributed by atoms with Gasteiger partial charge in [0.2, 0.25) is 0 Å². The molecule has 0 spiro atoms. The Hall–Kier alpha value is -4.90. The molecule has 1 N–H and O–H groups in total. The second-order valence-corrected chi connectivity index (χ2v) is 8.62. The zero-order chi connectivity index (χ0) is 24.4. The smallest absolute Gasteiger partial charge is 0.141 e. The van der Waals surface area contributed by atoms with Crippen LogP contribution in [0.2, 0.25) is 0 Å². The van der Waals surface area contributed by atoms with Crippen LogP contribution in [0.4, 0.5) is 0 Å². The normalized spacial score (nSPS) is 11.4. The van der Waals surface area contributed by atoms with Crippen molar-refractivity contribution in [3.63, 3.8) is 0 Å². The van der Waals surface area contributed by atoms with E-state index in [2.05, 4.69) is 77.9 Å². The molecule has 174 valence electrons. The molecule has 0 fully saturated rings. The van der Waals surface area contributed by atoms with Crippen molar-refractivity contribution in [2.45, 2.75) is 5.41 Å². The van der Waals surface area contributed by atoms with Crippen LogP contribution in [0.25, 0.3) is 11.4 Å². The largest absolute Gasteiger partial charge is 0.506 e. The molecular weight excluding hydrogens is 444 g/mol. The number of nitrogens with zero attached hydrogens (tertiary/aromatic N) is 4. The molecule has 0 saturated heterocycles. The maximum absolute atomic E-state index is 10.5. The number of hydrogen-bond donors (Lipinski definition) is 1. The molecular formula is C31H24N4O. The van der Waals surface area contributed by atoms with E-state index < -0.39 is 5.41 Å². The second-order valence-electron chi connectivity index (χ2n) is 8.62. The molecule has 0 unspecified atom stereocenters. The standard InChI is InChI=1S/C31H24N4O/c36-29-18-8-7-17-28(29)35-22-19-30(33-35)31(24-11-3-1-4-12-24,25-13-5-2-6-14-25)26-15-9-16-27(23-26)34-21-10-20-32-34/h1-23,36H. The Bertz CT molecular complexity index is 1550. The molecule has 0 amide bonds. The Morgan fingerprint density at radius 3 is 1.92 bits per heavy atom. The number of phenols is 1. The summed E-state index contributed by atoms with van der Waals surface area (Å²) in [6.45, 7) is 0. The maximum Gasteiger partial charge on any atom is 0.141 e. The molecule has 0 aliphatic heterocycles. The van der Waals surface area contributed by atoms with E-state index in [4.69, 9.17) is 5.10 Å². The first-order chi connectivity index (χ1) is 17.8. The molecule has 0 aliphatic rings. The van der Waals surface area contributed by atoms with Crippen LogP contribution in [0, 0.1) is 0 Å². The molecule has 0 aliphatic carbocycles. The van der Waals surface area contributed by atoms with Crippen molar-refractivity contribution < 1.29 is 5.11 Å². The Kier molecular flexibility index (Phi) is 5.43. The molecule has 2 aromatic heterocycles. The summed E-state index contributed by atoms with van der Waals surface area (Å²) in [5.41, 5.74) is 4.99. The number of aromatic hydroxyl groups is 1. The van der Waals surface area contributed by atoms with Crippen LogP contribution in [0.1, 0.15) is 22.4 Å². The lowest BCUT2D eigenvalue weighted by atomic mass is 9.67. The molecule has 6 aromatic rings. The molecule has 0 atom stereocenters. The summed E-state index contributed by atoms with van der Waals surface area (Å²) in [4.78, 5) is 0. The van der Waals surface area contributed by atoms with E-state index in [0.29, 0.717) is 5.69 Å². The summed E-state index contributed by atoms with van der Waals surface area (Å²) in [5.74, 6) is 0.179. The van der Waals surface area contributed by atoms with E-state index in [1.807, 2.05) is 59.5 Å². The van der Waals surface area contributed by atoms with Crippen molar-refractivity contribution >= 4 is 0 Å². The fourth-order valence-electron chi connectivity index (χ4n) is 4.94. The highest BCUT2D eigenvalue weighted by Crippen LogP contribution is 2.45. The average Bonchev–Trinajstić information content (AvgIpc) is 3.65. The van der Waals surface area contributed by atoms with Crippen molar-refractivity contribution in [2.24, 2.45) is 0 Å². The first-order valence-electron chi connectivity index (χ1n) is 11.8. The van der Waals surface area contributed by atoms with E-state index in [0.717, 1.165) is 28.1 Å². The van der Waals surface area contributed by atoms with Crippen LogP contribution in [0.5, 0.6) is 5.75 Å². The third-order valence-electron chi connectivity index (χ3n) is 6.56. The maximum atomic E-state index is 10.5. The van der Waals surface area contributed by atoms with Gasteiger partial charge in [0.1, 0.15) is 11.4 Å². The summed E-state index contributed by atoms with van der Waals surface area (Å²) in [6.07, 6.45) is 5.63. The quantitative estimate of drug-likeness (QED) is 0.299. The fraction of sp³-hybridized carbons (Fsp3) is 0.0323. The van der Waals surface area contributed by atoms with E-state index >= 15 is 0 Å². The summed E-state index contributed by atoms with van der Waals surface area (Å²) < 4.78 is 3.60. The number of phenolic OH excluding ortho intramolecular Hbond substituents is 1. The van der Waals surface area contributed by atoms with Gasteiger partial charge in [0.15, 0.2) is 0 Å². The Morgan fingerprint density at radius 2 is 1.25 bits per heavy atom. The van der Waals surface area contributed by atoms with Gasteiger partial charge in [0.05, 0.1) is 16.8 Å². The molecule has 5 heteroatoms. The van der Waals surface area contributed by atoms with Gasteiger partial charge in [-0.15, -0.1) is 0 Å². The number of hydrogen-bond acceptors (Lipinski definition) is 3. The number of aromatic nitrogens is 4. The summed E-state index contributed by atoms with van der Waals surface area (Å²) in [7, 11) is 0. The van der Waals surface area contributed by atoms with Crippen LogP contribution in [0.15, 0.2) is 140 Å². The minimum Gasteiger partial charge on any atom is -0.506 e. The van der Waals surface area contributed by atoms with Gasteiger partial charge in [-0.05, 0) is 53.1 Å². The zero-order valence-electron chi connectivity index (χ0n) is 19.5. The van der Waals surface area contributed by atoms with Crippen LogP contribution >= 0.6 is 0 Å². The SMILES string of the molecule is Oc1ccccc1-n1ccc(C(c2ccccc2)(c2ccccc2)c2cccc(-n3cccn3)c2)n1. The van der Waals surface area contributed by atoms with Crippen molar-refractivity contribution in [1.82, 2.24) is 19.6 Å². The molecule has 0 radical (unpaired) electrons. The highest BCUT2D eigenvalue weighted by atomic mass is 16.3. The van der Waals surface area contributed by atoms with Gasteiger partial charge in [-0.25, -0.2) is 9.36 Å². The Balaban J connectivity index is 1.66. The van der Waals surface area contributed by atoms with Crippen LogP contribution in [0.3, 0.4) is 0 Å². The first kappa shape index (κ1) is 21.6. The van der Waals surface area contributed by atoms with Crippen LogP contribution < -0.4 is 0 Å². The van der Waals surface area contributed by atoms with Crippen molar-refractivity contribution in [2.75, 3.05) is 0 Å². The second kappa shape index (κ2) is 9.04. The number of para-hydroxylation sites is 2. The topological polar surface area (TPSA) is 55.9 Å². The van der Waals surface area contributed by atoms with Crippen molar-refractivity contribution in [3.05, 3.63) is 162 Å². The van der Waals surface area contributed by atoms with E-state index in [-0.39, 0.29) is 5.75 Å². The van der Waals surface area contributed by atoms with E-state index in [9.17, 15) is 5.11 Å². The summed E-state index contributed by atoms with van der Waals surface area (Å²) >= 11 is 0. The minimum absolute atomic E-state index is 0.179. The first-order valence-corrected chi connectivity index (χ1v) is 11.8. The predicted molar refractivity (Wildman–Crippen MR) is 141 cm³/mol. The molecule has 6 rings (SSSR count). The molecule has 0 saturated carbocycles. The van der Waals surface area contributed by atoms with Crippen LogP contribution in [-0.4, -0.2) is 24.7 Å². The van der Waals surface area contributed by atoms with Crippen molar-refractivity contribution in [1.29, 1.82) is 0 Å². The molecule has 4 aromatic carbocycles. The van der Waals surface area contributed by atoms with E-state index in [1.54, 1.807) is 16.9 Å². The highest BCUT2D eigenvalue weighted by molar-refractivity contribution is 5.60. The third kappa shape index (κ3) is 3.58. The lowest BCUT2D eigenvalue weighted by Gasteiger charge is -2.35. The zero-order valence-corrected chi connectivity index (χ0v) is 19.5. The van der Waals surface area contributed by atoms with Crippen LogP contribution in [-0.2, 0) is 5.41 Å². The lowest BCUT2D eigenvalue weighted by Crippen LogP contribution is -2.32. The molecule has 36 heavy (non-hydrogen) atoms. The van der Waals surface area contributed by atoms with Gasteiger partial charge in [-0.1, -0.05) is 84.9 Å². The van der Waals surface area contributed by atoms with Crippen molar-refractivity contribution in [3.8, 4) is 17.1 Å². The monoisotopic (exact) mass is 468 g/mol. The highest BCUT2D eigenvalue weighted by Gasteiger charge is 2.40. The molecule has 0 bridgehead atoms. The van der Waals surface area contributed by atoms with Gasteiger partial charge in [0, 0.05) is 18.6 Å². The van der Waals surface area contributed by atoms with Gasteiger partial charge in [-0.2, -0.15) is 10.2 Å². The number of rotatable bonds is 6. The molecule has 5 nitrogen and oxygen atoms in total. The van der Waals surface area contributed by atoms with Gasteiger partial charge in [0.25, 0.3) is 0 Å². The summed E-state index contributed by atoms with van der Waals surface area (Å²) in [5, 5.41) is 20.0. The summed E-state index contributed by atoms with van der Waals surface area (Å²) in [6, 6.07) is 40.5. The van der Waals surface area contributed by atoms with Gasteiger partial charge >= 0.3 is 0 Å². The fourth-order valence-corrected chi connectivity index (χ4v) is 4.94. The molecule has 2 heterocycles.